The summed E-state index contributed by atoms with van der Waals surface area (Å²) in [5, 5.41) is 0. The number of rotatable bonds is 2. The van der Waals surface area contributed by atoms with Crippen LogP contribution in [-0.2, 0) is 4.79 Å². The van der Waals surface area contributed by atoms with E-state index in [2.05, 4.69) is 0 Å². The van der Waals surface area contributed by atoms with Crippen molar-refractivity contribution in [3.8, 4) is 0 Å². The zero-order chi connectivity index (χ0) is 9.26. The Hall–Kier alpha value is -0.570. The molecular formula is C10H18N2O. The first-order chi connectivity index (χ1) is 6.33. The molecule has 0 aromatic carbocycles. The van der Waals surface area contributed by atoms with Crippen LogP contribution in [0, 0.1) is 5.92 Å². The van der Waals surface area contributed by atoms with Gasteiger partial charge in [-0.2, -0.15) is 0 Å². The van der Waals surface area contributed by atoms with Crippen molar-refractivity contribution in [1.82, 2.24) is 4.90 Å². The molecular weight excluding hydrogens is 164 g/mol. The van der Waals surface area contributed by atoms with Crippen LogP contribution in [0.4, 0.5) is 0 Å². The third kappa shape index (κ3) is 1.57. The highest BCUT2D eigenvalue weighted by Gasteiger charge is 2.36. The Balaban J connectivity index is 1.96. The normalized spacial score (nSPS) is 29.0. The lowest BCUT2D eigenvalue weighted by Crippen LogP contribution is -2.44. The minimum absolute atomic E-state index is 0.148. The average Bonchev–Trinajstić information content (AvgIpc) is 2.49. The molecule has 1 aliphatic heterocycles. The van der Waals surface area contributed by atoms with Gasteiger partial charge in [0.2, 0.25) is 5.91 Å². The Morgan fingerprint density at radius 1 is 1.31 bits per heavy atom. The van der Waals surface area contributed by atoms with Gasteiger partial charge in [-0.15, -0.1) is 0 Å². The van der Waals surface area contributed by atoms with E-state index in [1.54, 1.807) is 0 Å². The van der Waals surface area contributed by atoms with Crippen molar-refractivity contribution in [1.29, 1.82) is 0 Å². The van der Waals surface area contributed by atoms with Crippen molar-refractivity contribution in [3.05, 3.63) is 0 Å². The second-order valence-electron chi connectivity index (χ2n) is 4.19. The van der Waals surface area contributed by atoms with Crippen molar-refractivity contribution in [2.75, 3.05) is 13.1 Å². The number of carbonyl (C=O) groups excluding carboxylic acids is 1. The second kappa shape index (κ2) is 3.66. The lowest BCUT2D eigenvalue weighted by molar-refractivity contribution is -0.132. The van der Waals surface area contributed by atoms with E-state index in [1.165, 1.54) is 32.1 Å². The maximum Gasteiger partial charge on any atom is 0.236 e. The minimum atomic E-state index is 0.148. The quantitative estimate of drug-likeness (QED) is 0.684. The third-order valence-corrected chi connectivity index (χ3v) is 3.49. The molecule has 2 aliphatic rings. The summed E-state index contributed by atoms with van der Waals surface area (Å²) in [4.78, 5) is 13.5. The molecule has 0 radical (unpaired) electrons. The number of carbonyl (C=O) groups is 1. The molecule has 2 rings (SSSR count). The van der Waals surface area contributed by atoms with Crippen LogP contribution in [0.1, 0.15) is 32.1 Å². The van der Waals surface area contributed by atoms with Crippen molar-refractivity contribution in [3.63, 3.8) is 0 Å². The maximum absolute atomic E-state index is 11.5. The van der Waals surface area contributed by atoms with E-state index in [-0.39, 0.29) is 12.5 Å². The molecule has 1 amide bonds. The summed E-state index contributed by atoms with van der Waals surface area (Å²) in [6.45, 7) is 1.13. The predicted molar refractivity (Wildman–Crippen MR) is 51.1 cm³/mol. The first-order valence-corrected chi connectivity index (χ1v) is 5.32. The molecule has 0 aromatic heterocycles. The van der Waals surface area contributed by atoms with Gasteiger partial charge in [-0.1, -0.05) is 6.42 Å². The standard InChI is InChI=1S/C10H18N2O/c11-7-10(13)12-6-2-5-9(12)8-3-1-4-8/h8-9H,1-7,11H2. The summed E-state index contributed by atoms with van der Waals surface area (Å²) in [5.41, 5.74) is 5.38. The fourth-order valence-corrected chi connectivity index (χ4v) is 2.53. The highest BCUT2D eigenvalue weighted by atomic mass is 16.2. The van der Waals surface area contributed by atoms with Gasteiger partial charge in [0.1, 0.15) is 0 Å². The molecule has 2 fully saturated rings. The SMILES string of the molecule is NCC(=O)N1CCCC1C1CCC1. The highest BCUT2D eigenvalue weighted by Crippen LogP contribution is 2.36. The maximum atomic E-state index is 11.5. The Kier molecular flexibility index (Phi) is 2.54. The van der Waals surface area contributed by atoms with Crippen molar-refractivity contribution in [2.45, 2.75) is 38.1 Å². The summed E-state index contributed by atoms with van der Waals surface area (Å²) in [6, 6.07) is 0.532. The summed E-state index contributed by atoms with van der Waals surface area (Å²) >= 11 is 0. The lowest BCUT2D eigenvalue weighted by Gasteiger charge is -2.36. The van der Waals surface area contributed by atoms with Crippen LogP contribution >= 0.6 is 0 Å². The van der Waals surface area contributed by atoms with Crippen LogP contribution in [0.15, 0.2) is 0 Å². The molecule has 1 atom stereocenters. The molecule has 0 spiro atoms. The van der Waals surface area contributed by atoms with E-state index < -0.39 is 0 Å². The molecule has 1 saturated carbocycles. The van der Waals surface area contributed by atoms with Crippen LogP contribution < -0.4 is 5.73 Å². The fraction of sp³-hybridized carbons (Fsp3) is 0.900. The molecule has 13 heavy (non-hydrogen) atoms. The van der Waals surface area contributed by atoms with E-state index in [0.29, 0.717) is 6.04 Å². The molecule has 0 bridgehead atoms. The first kappa shape index (κ1) is 9.00. The van der Waals surface area contributed by atoms with Crippen LogP contribution in [0.2, 0.25) is 0 Å². The number of hydrogen-bond donors (Lipinski definition) is 1. The third-order valence-electron chi connectivity index (χ3n) is 3.49. The summed E-state index contributed by atoms with van der Waals surface area (Å²) in [5.74, 6) is 0.937. The topological polar surface area (TPSA) is 46.3 Å². The van der Waals surface area contributed by atoms with Crippen molar-refractivity contribution in [2.24, 2.45) is 11.7 Å². The zero-order valence-corrected chi connectivity index (χ0v) is 8.04. The zero-order valence-electron chi connectivity index (χ0n) is 8.04. The number of amides is 1. The minimum Gasteiger partial charge on any atom is -0.338 e. The number of nitrogens with zero attached hydrogens (tertiary/aromatic N) is 1. The fourth-order valence-electron chi connectivity index (χ4n) is 2.53. The number of nitrogens with two attached hydrogens (primary N) is 1. The largest absolute Gasteiger partial charge is 0.338 e. The van der Waals surface area contributed by atoms with Gasteiger partial charge in [-0.3, -0.25) is 4.79 Å². The van der Waals surface area contributed by atoms with Crippen molar-refractivity contribution >= 4 is 5.91 Å². The Bertz CT molecular complexity index is 201. The van der Waals surface area contributed by atoms with E-state index in [9.17, 15) is 4.79 Å². The molecule has 1 heterocycles. The number of hydrogen-bond acceptors (Lipinski definition) is 2. The first-order valence-electron chi connectivity index (χ1n) is 5.32. The molecule has 3 heteroatoms. The van der Waals surface area contributed by atoms with Gasteiger partial charge >= 0.3 is 0 Å². The van der Waals surface area contributed by atoms with E-state index >= 15 is 0 Å². The van der Waals surface area contributed by atoms with Crippen molar-refractivity contribution < 1.29 is 4.79 Å². The van der Waals surface area contributed by atoms with Gasteiger partial charge in [-0.05, 0) is 31.6 Å². The Morgan fingerprint density at radius 3 is 2.62 bits per heavy atom. The Labute approximate surface area is 79.3 Å². The second-order valence-corrected chi connectivity index (χ2v) is 4.19. The van der Waals surface area contributed by atoms with E-state index in [1.807, 2.05) is 4.90 Å². The predicted octanol–water partition coefficient (Wildman–Crippen LogP) is 0.736. The summed E-state index contributed by atoms with van der Waals surface area (Å²) in [7, 11) is 0. The van der Waals surface area contributed by atoms with Gasteiger partial charge in [0.15, 0.2) is 0 Å². The molecule has 0 aromatic rings. The average molecular weight is 182 g/mol. The van der Waals surface area contributed by atoms with Crippen LogP contribution in [-0.4, -0.2) is 29.9 Å². The summed E-state index contributed by atoms with van der Waals surface area (Å²) < 4.78 is 0. The molecule has 1 saturated heterocycles. The molecule has 1 unspecified atom stereocenters. The van der Waals surface area contributed by atoms with Gasteiger partial charge in [-0.25, -0.2) is 0 Å². The monoisotopic (exact) mass is 182 g/mol. The smallest absolute Gasteiger partial charge is 0.236 e. The van der Waals surface area contributed by atoms with Crippen LogP contribution in [0.5, 0.6) is 0 Å². The summed E-state index contributed by atoms with van der Waals surface area (Å²) in [6.07, 6.45) is 6.37. The van der Waals surface area contributed by atoms with Crippen LogP contribution in [0.25, 0.3) is 0 Å². The van der Waals surface area contributed by atoms with E-state index in [0.717, 1.165) is 12.5 Å². The van der Waals surface area contributed by atoms with Gasteiger partial charge in [0.25, 0.3) is 0 Å². The van der Waals surface area contributed by atoms with Gasteiger partial charge in [0.05, 0.1) is 6.54 Å². The van der Waals surface area contributed by atoms with E-state index in [4.69, 9.17) is 5.73 Å². The molecule has 1 aliphatic carbocycles. The van der Waals surface area contributed by atoms with Gasteiger partial charge < -0.3 is 10.6 Å². The van der Waals surface area contributed by atoms with Crippen LogP contribution in [0.3, 0.4) is 0 Å². The molecule has 3 nitrogen and oxygen atoms in total. The molecule has 74 valence electrons. The molecule has 2 N–H and O–H groups in total. The number of likely N-dealkylation sites (tertiary alicyclic amines) is 1. The highest BCUT2D eigenvalue weighted by molar-refractivity contribution is 5.78. The Morgan fingerprint density at radius 2 is 2.08 bits per heavy atom. The lowest BCUT2D eigenvalue weighted by atomic mass is 9.79. The van der Waals surface area contributed by atoms with Gasteiger partial charge in [0, 0.05) is 12.6 Å².